The van der Waals surface area contributed by atoms with E-state index in [0.717, 1.165) is 45.9 Å². The summed E-state index contributed by atoms with van der Waals surface area (Å²) in [6.45, 7) is 0.892. The minimum atomic E-state index is -2.32. The first-order valence-electron chi connectivity index (χ1n) is 12.0. The molecule has 0 N–H and O–H groups in total. The summed E-state index contributed by atoms with van der Waals surface area (Å²) in [7, 11) is -0.983. The molecule has 12 heteroatoms. The lowest BCUT2D eigenvalue weighted by molar-refractivity contribution is 0.0853. The predicted molar refractivity (Wildman–Crippen MR) is 146 cm³/mol. The van der Waals surface area contributed by atoms with Gasteiger partial charge in [-0.15, -0.1) is 11.3 Å². The highest BCUT2D eigenvalue weighted by molar-refractivity contribution is 7.86. The second-order valence-electron chi connectivity index (χ2n) is 8.74. The van der Waals surface area contributed by atoms with Crippen LogP contribution >= 0.6 is 22.9 Å². The smallest absolute Gasteiger partial charge is 0.158 e. The summed E-state index contributed by atoms with van der Waals surface area (Å²) in [6, 6.07) is 10.6. The number of halogens is 4. The van der Waals surface area contributed by atoms with Crippen LogP contribution in [0.2, 0.25) is 5.15 Å². The molecular formula is C27H23ClF3N3O3S2. The first-order chi connectivity index (χ1) is 18.9. The van der Waals surface area contributed by atoms with Crippen LogP contribution in [0.25, 0.3) is 21.7 Å². The third-order valence-electron chi connectivity index (χ3n) is 6.23. The molecule has 0 aliphatic carbocycles. The lowest BCUT2D eigenvalue weighted by atomic mass is 10.0. The number of hydrogen-bond donors (Lipinski definition) is 0. The minimum absolute atomic E-state index is 0.115. The Hall–Kier alpha value is -2.83. The second-order valence-corrected chi connectivity index (χ2v) is 11.5. The van der Waals surface area contributed by atoms with Gasteiger partial charge in [0.05, 0.1) is 26.2 Å². The van der Waals surface area contributed by atoms with Crippen molar-refractivity contribution in [3.05, 3.63) is 82.3 Å². The number of nitrogens with zero attached hydrogens (tertiary/aromatic N) is 3. The number of thiazole rings is 1. The van der Waals surface area contributed by atoms with E-state index in [1.807, 2.05) is 0 Å². The van der Waals surface area contributed by atoms with Gasteiger partial charge in [-0.25, -0.2) is 27.3 Å². The van der Waals surface area contributed by atoms with Crippen molar-refractivity contribution < 1.29 is 26.9 Å². The Morgan fingerprint density at radius 2 is 1.95 bits per heavy atom. The van der Waals surface area contributed by atoms with Crippen molar-refractivity contribution in [3.63, 3.8) is 0 Å². The van der Waals surface area contributed by atoms with Crippen LogP contribution in [0.15, 0.2) is 59.6 Å². The molecule has 0 saturated carbocycles. The van der Waals surface area contributed by atoms with E-state index >= 15 is 4.39 Å². The van der Waals surface area contributed by atoms with Gasteiger partial charge in [-0.05, 0) is 60.9 Å². The van der Waals surface area contributed by atoms with Gasteiger partial charge < -0.3 is 9.47 Å². The molecule has 1 fully saturated rings. The molecule has 0 spiro atoms. The van der Waals surface area contributed by atoms with Crippen LogP contribution in [0.3, 0.4) is 0 Å². The summed E-state index contributed by atoms with van der Waals surface area (Å²) < 4.78 is 69.7. The Bertz CT molecular complexity index is 1510. The molecule has 1 saturated heterocycles. The zero-order valence-electron chi connectivity index (χ0n) is 20.7. The quantitative estimate of drug-likeness (QED) is 0.163. The number of ether oxygens (including phenoxy) is 2. The Morgan fingerprint density at radius 1 is 1.15 bits per heavy atom. The van der Waals surface area contributed by atoms with Gasteiger partial charge in [0, 0.05) is 38.0 Å². The predicted octanol–water partition coefficient (Wildman–Crippen LogP) is 6.97. The van der Waals surface area contributed by atoms with Crippen LogP contribution in [0.4, 0.5) is 18.9 Å². The van der Waals surface area contributed by atoms with Gasteiger partial charge in [-0.1, -0.05) is 17.7 Å². The van der Waals surface area contributed by atoms with Gasteiger partial charge in [0.2, 0.25) is 0 Å². The highest BCUT2D eigenvalue weighted by Crippen LogP contribution is 2.43. The fourth-order valence-electron chi connectivity index (χ4n) is 4.33. The van der Waals surface area contributed by atoms with Crippen LogP contribution in [0, 0.1) is 17.5 Å². The molecule has 2 aromatic carbocycles. The zero-order chi connectivity index (χ0) is 27.5. The molecule has 1 aliphatic rings. The molecule has 0 amide bonds. The molecule has 39 heavy (non-hydrogen) atoms. The Kier molecular flexibility index (Phi) is 8.63. The van der Waals surface area contributed by atoms with Gasteiger partial charge in [-0.3, -0.25) is 4.31 Å². The topological polar surface area (TPSA) is 64.6 Å². The summed E-state index contributed by atoms with van der Waals surface area (Å²) in [5.74, 6) is -2.22. The third kappa shape index (κ3) is 5.87. The van der Waals surface area contributed by atoms with Crippen molar-refractivity contribution in [2.75, 3.05) is 31.4 Å². The van der Waals surface area contributed by atoms with E-state index in [2.05, 4.69) is 4.98 Å². The summed E-state index contributed by atoms with van der Waals surface area (Å²) in [5, 5.41) is 1.13. The molecule has 2 aromatic heterocycles. The fourth-order valence-corrected chi connectivity index (χ4v) is 6.95. The van der Waals surface area contributed by atoms with Crippen molar-refractivity contribution in [1.29, 1.82) is 0 Å². The molecular weight excluding hydrogens is 571 g/mol. The molecule has 0 radical (unpaired) electrons. The number of anilines is 1. The van der Waals surface area contributed by atoms with E-state index < -0.39 is 33.3 Å². The molecule has 204 valence electrons. The zero-order valence-corrected chi connectivity index (χ0v) is 23.1. The standard InChI is InChI=1S/C27H23ClF3N3O3S2/c1-36-15-34(39(35)22-14-18(29)5-6-20(22)30)21-4-2-3-19(24(21)31)25-26(17-7-10-32-23(28)13-17)38-27(33-25)16-8-11-37-12-9-16/h2-7,10,13-14,16H,8-9,11-12,15H2,1H3. The highest BCUT2D eigenvalue weighted by atomic mass is 35.5. The third-order valence-corrected chi connectivity index (χ3v) is 9.10. The molecule has 1 aliphatic heterocycles. The van der Waals surface area contributed by atoms with E-state index in [0.29, 0.717) is 23.8 Å². The Morgan fingerprint density at radius 3 is 2.69 bits per heavy atom. The van der Waals surface area contributed by atoms with E-state index in [9.17, 15) is 13.0 Å². The van der Waals surface area contributed by atoms with Crippen molar-refractivity contribution in [3.8, 4) is 21.7 Å². The highest BCUT2D eigenvalue weighted by Gasteiger charge is 2.28. The number of benzene rings is 2. The summed E-state index contributed by atoms with van der Waals surface area (Å²) >= 11 is 7.62. The average Bonchev–Trinajstić information content (AvgIpc) is 3.39. The van der Waals surface area contributed by atoms with Crippen molar-refractivity contribution in [2.45, 2.75) is 23.7 Å². The number of aromatic nitrogens is 2. The Balaban J connectivity index is 1.63. The molecule has 4 aromatic rings. The molecule has 6 nitrogen and oxygen atoms in total. The van der Waals surface area contributed by atoms with Gasteiger partial charge in [0.25, 0.3) is 0 Å². The number of rotatable bonds is 8. The van der Waals surface area contributed by atoms with Gasteiger partial charge in [0.15, 0.2) is 16.8 Å². The number of pyridine rings is 1. The van der Waals surface area contributed by atoms with Crippen LogP contribution < -0.4 is 4.31 Å². The van der Waals surface area contributed by atoms with Crippen molar-refractivity contribution >= 4 is 39.6 Å². The molecule has 0 bridgehead atoms. The van der Waals surface area contributed by atoms with Gasteiger partial charge in [-0.2, -0.15) is 0 Å². The van der Waals surface area contributed by atoms with E-state index in [4.69, 9.17) is 26.1 Å². The molecule has 1 unspecified atom stereocenters. The van der Waals surface area contributed by atoms with Crippen LogP contribution in [0.5, 0.6) is 0 Å². The van der Waals surface area contributed by atoms with Gasteiger partial charge in [0.1, 0.15) is 23.5 Å². The Labute approximate surface area is 235 Å². The van der Waals surface area contributed by atoms with Crippen LogP contribution in [-0.2, 0) is 20.5 Å². The molecule has 3 heterocycles. The van der Waals surface area contributed by atoms with Gasteiger partial charge >= 0.3 is 0 Å². The lowest BCUT2D eigenvalue weighted by Crippen LogP contribution is -2.29. The van der Waals surface area contributed by atoms with E-state index in [1.165, 1.54) is 24.5 Å². The van der Waals surface area contributed by atoms with E-state index in [-0.39, 0.29) is 29.1 Å². The summed E-state index contributed by atoms with van der Waals surface area (Å²) in [4.78, 5) is 9.19. The first kappa shape index (κ1) is 27.7. The van der Waals surface area contributed by atoms with Crippen LogP contribution in [0.1, 0.15) is 23.8 Å². The fraction of sp³-hybridized carbons (Fsp3) is 0.259. The maximum Gasteiger partial charge on any atom is 0.158 e. The molecule has 5 rings (SSSR count). The molecule has 1 atom stereocenters. The van der Waals surface area contributed by atoms with Crippen molar-refractivity contribution in [2.24, 2.45) is 0 Å². The average molecular weight is 594 g/mol. The monoisotopic (exact) mass is 593 g/mol. The van der Waals surface area contributed by atoms with E-state index in [1.54, 1.807) is 30.5 Å². The number of hydrogen-bond acceptors (Lipinski definition) is 6. The maximum atomic E-state index is 16.3. The van der Waals surface area contributed by atoms with Crippen LogP contribution in [-0.4, -0.2) is 41.2 Å². The summed E-state index contributed by atoms with van der Waals surface area (Å²) in [6.07, 6.45) is 3.16. The summed E-state index contributed by atoms with van der Waals surface area (Å²) in [5.41, 5.74) is 1.16. The maximum absolute atomic E-state index is 16.3. The second kappa shape index (κ2) is 12.1. The largest absolute Gasteiger partial charge is 0.381 e. The normalized spacial score (nSPS) is 14.9. The first-order valence-corrected chi connectivity index (χ1v) is 14.3. The minimum Gasteiger partial charge on any atom is -0.381 e. The lowest BCUT2D eigenvalue weighted by Gasteiger charge is -2.24. The number of methoxy groups -OCH3 is 1. The SMILES string of the molecule is COCN(c1cccc(-c2nc(C3CCOCC3)sc2-c2ccnc(Cl)c2)c1F)S(=O)c1cc(F)ccc1F. The van der Waals surface area contributed by atoms with Crippen molar-refractivity contribution in [1.82, 2.24) is 9.97 Å².